The second kappa shape index (κ2) is 8.65. The Labute approximate surface area is 168 Å². The molecule has 7 heteroatoms. The minimum Gasteiger partial charge on any atom is -0.497 e. The zero-order valence-electron chi connectivity index (χ0n) is 16.6. The molecule has 28 heavy (non-hydrogen) atoms. The van der Waals surface area contributed by atoms with Gasteiger partial charge in [0, 0.05) is 10.9 Å². The summed E-state index contributed by atoms with van der Waals surface area (Å²) in [5.41, 5.74) is 1.88. The highest BCUT2D eigenvalue weighted by Gasteiger charge is 2.29. The van der Waals surface area contributed by atoms with E-state index in [2.05, 4.69) is 12.2 Å². The molecule has 1 atom stereocenters. The zero-order valence-corrected chi connectivity index (χ0v) is 17.4. The molecule has 0 saturated heterocycles. The normalized spacial score (nSPS) is 15.5. The van der Waals surface area contributed by atoms with Gasteiger partial charge in [-0.2, -0.15) is 0 Å². The van der Waals surface area contributed by atoms with Crippen LogP contribution in [0.5, 0.6) is 11.5 Å². The molecular weight excluding hydrogens is 378 g/mol. The molecule has 0 aliphatic heterocycles. The van der Waals surface area contributed by atoms with E-state index in [4.69, 9.17) is 14.2 Å². The van der Waals surface area contributed by atoms with E-state index in [1.54, 1.807) is 32.2 Å². The first kappa shape index (κ1) is 20.2. The fraction of sp³-hybridized carbons (Fsp3) is 0.429. The summed E-state index contributed by atoms with van der Waals surface area (Å²) in [4.78, 5) is 26.7. The van der Waals surface area contributed by atoms with Crippen LogP contribution in [0.2, 0.25) is 0 Å². The Kier molecular flexibility index (Phi) is 6.24. The first-order chi connectivity index (χ1) is 13.5. The quantitative estimate of drug-likeness (QED) is 0.727. The number of carbonyl (C=O) groups excluding carboxylic acids is 2. The molecule has 150 valence electrons. The molecule has 2 aromatic rings. The average Bonchev–Trinajstić information content (AvgIpc) is 3.04. The standard InChI is InChI=1S/C21H25NO5S/c1-5-27-21(24)18-15-8-6-12(2)10-17(15)28-20(18)22-19(23)14-9-7-13(25-3)11-16(14)26-4/h7,9,11-12H,5-6,8,10H2,1-4H3,(H,22,23). The summed E-state index contributed by atoms with van der Waals surface area (Å²) >= 11 is 1.47. The Balaban J connectivity index is 1.95. The SMILES string of the molecule is CCOC(=O)c1c(NC(=O)c2ccc(OC)cc2OC)sc2c1CCC(C)C2. The maximum Gasteiger partial charge on any atom is 0.341 e. The number of amides is 1. The first-order valence-corrected chi connectivity index (χ1v) is 10.1. The van der Waals surface area contributed by atoms with Crippen LogP contribution in [0.4, 0.5) is 5.00 Å². The molecule has 1 heterocycles. The number of hydrogen-bond acceptors (Lipinski definition) is 6. The summed E-state index contributed by atoms with van der Waals surface area (Å²) in [5.74, 6) is 0.848. The van der Waals surface area contributed by atoms with Gasteiger partial charge in [-0.3, -0.25) is 4.79 Å². The zero-order chi connectivity index (χ0) is 20.3. The number of fused-ring (bicyclic) bond motifs is 1. The Morgan fingerprint density at radius 3 is 2.71 bits per heavy atom. The van der Waals surface area contributed by atoms with E-state index in [0.29, 0.717) is 40.2 Å². The molecule has 1 unspecified atom stereocenters. The largest absolute Gasteiger partial charge is 0.497 e. The van der Waals surface area contributed by atoms with Crippen molar-refractivity contribution in [3.05, 3.63) is 39.8 Å². The van der Waals surface area contributed by atoms with Crippen LogP contribution in [0.3, 0.4) is 0 Å². The molecule has 0 bridgehead atoms. The van der Waals surface area contributed by atoms with Gasteiger partial charge < -0.3 is 19.5 Å². The van der Waals surface area contributed by atoms with Crippen LogP contribution in [-0.2, 0) is 17.6 Å². The summed E-state index contributed by atoms with van der Waals surface area (Å²) in [6, 6.07) is 5.00. The second-order valence-corrected chi connectivity index (χ2v) is 7.90. The van der Waals surface area contributed by atoms with E-state index in [1.807, 2.05) is 0 Å². The maximum absolute atomic E-state index is 12.9. The highest BCUT2D eigenvalue weighted by Crippen LogP contribution is 2.40. The van der Waals surface area contributed by atoms with E-state index < -0.39 is 0 Å². The van der Waals surface area contributed by atoms with Gasteiger partial charge in [0.25, 0.3) is 5.91 Å². The molecule has 0 spiro atoms. The number of ether oxygens (including phenoxy) is 3. The van der Waals surface area contributed by atoms with E-state index >= 15 is 0 Å². The van der Waals surface area contributed by atoms with Gasteiger partial charge in [-0.05, 0) is 49.8 Å². The minimum atomic E-state index is -0.383. The Morgan fingerprint density at radius 2 is 2.04 bits per heavy atom. The molecule has 6 nitrogen and oxygen atoms in total. The fourth-order valence-electron chi connectivity index (χ4n) is 3.41. The third kappa shape index (κ3) is 3.99. The van der Waals surface area contributed by atoms with Crippen molar-refractivity contribution in [3.8, 4) is 11.5 Å². The molecule has 1 N–H and O–H groups in total. The number of esters is 1. The fourth-order valence-corrected chi connectivity index (χ4v) is 4.81. The minimum absolute atomic E-state index is 0.291. The van der Waals surface area contributed by atoms with Crippen LogP contribution in [0.1, 0.15) is 51.4 Å². The molecular formula is C21H25NO5S. The van der Waals surface area contributed by atoms with E-state index in [1.165, 1.54) is 18.4 Å². The number of methoxy groups -OCH3 is 2. The number of nitrogens with one attached hydrogen (secondary N) is 1. The summed E-state index contributed by atoms with van der Waals surface area (Å²) in [7, 11) is 3.05. The van der Waals surface area contributed by atoms with Gasteiger partial charge in [0.05, 0.1) is 32.0 Å². The predicted octanol–water partition coefficient (Wildman–Crippen LogP) is 4.32. The number of thiophene rings is 1. The molecule has 0 saturated carbocycles. The summed E-state index contributed by atoms with van der Waals surface area (Å²) in [6.45, 7) is 4.27. The van der Waals surface area contributed by atoms with Gasteiger partial charge in [0.15, 0.2) is 0 Å². The van der Waals surface area contributed by atoms with Crippen molar-refractivity contribution in [2.75, 3.05) is 26.1 Å². The summed E-state index contributed by atoms with van der Waals surface area (Å²) < 4.78 is 15.8. The van der Waals surface area contributed by atoms with Crippen molar-refractivity contribution < 1.29 is 23.8 Å². The third-order valence-electron chi connectivity index (χ3n) is 4.87. The lowest BCUT2D eigenvalue weighted by Crippen LogP contribution is -2.17. The molecule has 1 aliphatic carbocycles. The van der Waals surface area contributed by atoms with Gasteiger partial charge in [0.1, 0.15) is 16.5 Å². The smallest absolute Gasteiger partial charge is 0.341 e. The maximum atomic E-state index is 12.9. The molecule has 0 radical (unpaired) electrons. The van der Waals surface area contributed by atoms with Crippen molar-refractivity contribution in [3.63, 3.8) is 0 Å². The topological polar surface area (TPSA) is 73.9 Å². The van der Waals surface area contributed by atoms with Crippen LogP contribution in [0.15, 0.2) is 18.2 Å². The highest BCUT2D eigenvalue weighted by molar-refractivity contribution is 7.17. The van der Waals surface area contributed by atoms with Crippen molar-refractivity contribution in [1.82, 2.24) is 0 Å². The number of carbonyl (C=O) groups is 2. The van der Waals surface area contributed by atoms with Crippen molar-refractivity contribution in [2.24, 2.45) is 5.92 Å². The van der Waals surface area contributed by atoms with Crippen molar-refractivity contribution in [2.45, 2.75) is 33.1 Å². The number of rotatable bonds is 6. The molecule has 1 aromatic heterocycles. The van der Waals surface area contributed by atoms with Gasteiger partial charge >= 0.3 is 5.97 Å². The van der Waals surface area contributed by atoms with Gasteiger partial charge in [-0.15, -0.1) is 11.3 Å². The van der Waals surface area contributed by atoms with Crippen LogP contribution >= 0.6 is 11.3 Å². The van der Waals surface area contributed by atoms with E-state index in [0.717, 1.165) is 29.7 Å². The molecule has 1 amide bonds. The Morgan fingerprint density at radius 1 is 1.25 bits per heavy atom. The molecule has 0 fully saturated rings. The first-order valence-electron chi connectivity index (χ1n) is 9.33. The van der Waals surface area contributed by atoms with Crippen LogP contribution in [0, 0.1) is 5.92 Å². The van der Waals surface area contributed by atoms with Gasteiger partial charge in [0.2, 0.25) is 0 Å². The number of anilines is 1. The summed E-state index contributed by atoms with van der Waals surface area (Å²) in [6.07, 6.45) is 2.76. The van der Waals surface area contributed by atoms with E-state index in [9.17, 15) is 9.59 Å². The lowest BCUT2D eigenvalue weighted by atomic mass is 9.88. The lowest BCUT2D eigenvalue weighted by molar-refractivity contribution is 0.0526. The van der Waals surface area contributed by atoms with Gasteiger partial charge in [-0.1, -0.05) is 6.92 Å². The lowest BCUT2D eigenvalue weighted by Gasteiger charge is -2.18. The molecule has 1 aromatic carbocycles. The van der Waals surface area contributed by atoms with Crippen molar-refractivity contribution in [1.29, 1.82) is 0 Å². The monoisotopic (exact) mass is 403 g/mol. The number of benzene rings is 1. The Bertz CT molecular complexity index is 889. The van der Waals surface area contributed by atoms with E-state index in [-0.39, 0.29) is 11.9 Å². The molecule has 3 rings (SSSR count). The second-order valence-electron chi connectivity index (χ2n) is 6.80. The number of hydrogen-bond donors (Lipinski definition) is 1. The average molecular weight is 404 g/mol. The van der Waals surface area contributed by atoms with Gasteiger partial charge in [-0.25, -0.2) is 4.79 Å². The van der Waals surface area contributed by atoms with Crippen LogP contribution in [0.25, 0.3) is 0 Å². The third-order valence-corrected chi connectivity index (χ3v) is 6.04. The molecule has 1 aliphatic rings. The Hall–Kier alpha value is -2.54. The predicted molar refractivity (Wildman–Crippen MR) is 109 cm³/mol. The highest BCUT2D eigenvalue weighted by atomic mass is 32.1. The summed E-state index contributed by atoms with van der Waals surface area (Å²) in [5, 5.41) is 3.45. The van der Waals surface area contributed by atoms with Crippen molar-refractivity contribution >= 4 is 28.2 Å². The van der Waals surface area contributed by atoms with Crippen LogP contribution in [-0.4, -0.2) is 32.7 Å². The van der Waals surface area contributed by atoms with Crippen LogP contribution < -0.4 is 14.8 Å².